The van der Waals surface area contributed by atoms with Crippen molar-refractivity contribution in [3.63, 3.8) is 0 Å². The highest BCUT2D eigenvalue weighted by atomic mass is 32.2. The van der Waals surface area contributed by atoms with Gasteiger partial charge in [0, 0.05) is 5.41 Å². The van der Waals surface area contributed by atoms with Gasteiger partial charge in [-0.15, -0.1) is 0 Å². The molecule has 0 saturated heterocycles. The molecule has 0 spiro atoms. The fourth-order valence-electron chi connectivity index (χ4n) is 3.47. The van der Waals surface area contributed by atoms with E-state index in [9.17, 15) is 8.42 Å². The molecule has 0 aromatic heterocycles. The Hall–Kier alpha value is -0.130. The summed E-state index contributed by atoms with van der Waals surface area (Å²) in [4.78, 5) is 0. The van der Waals surface area contributed by atoms with Crippen molar-refractivity contribution in [3.8, 4) is 0 Å². The molecule has 0 atom stereocenters. The summed E-state index contributed by atoms with van der Waals surface area (Å²) in [6, 6.07) is 0. The number of ether oxygens (including phenoxy) is 1. The van der Waals surface area contributed by atoms with Crippen LogP contribution < -0.4 is 5.14 Å². The quantitative estimate of drug-likeness (QED) is 0.711. The van der Waals surface area contributed by atoms with Gasteiger partial charge in [-0.2, -0.15) is 0 Å². The highest BCUT2D eigenvalue weighted by molar-refractivity contribution is 7.89. The van der Waals surface area contributed by atoms with Crippen LogP contribution >= 0.6 is 0 Å². The summed E-state index contributed by atoms with van der Waals surface area (Å²) in [6.45, 7) is 4.72. The zero-order valence-electron chi connectivity index (χ0n) is 13.1. The van der Waals surface area contributed by atoms with Crippen molar-refractivity contribution in [1.29, 1.82) is 0 Å². The van der Waals surface area contributed by atoms with Gasteiger partial charge < -0.3 is 4.74 Å². The normalized spacial score (nSPS) is 18.4. The second-order valence-electron chi connectivity index (χ2n) is 6.38. The fourth-order valence-corrected chi connectivity index (χ4v) is 4.69. The predicted molar refractivity (Wildman–Crippen MR) is 83.0 cm³/mol. The maximum Gasteiger partial charge on any atom is 0.209 e. The first-order valence-corrected chi connectivity index (χ1v) is 9.74. The molecule has 4 nitrogen and oxygen atoms in total. The lowest BCUT2D eigenvalue weighted by atomic mass is 9.81. The molecule has 1 aliphatic carbocycles. The van der Waals surface area contributed by atoms with Gasteiger partial charge >= 0.3 is 0 Å². The van der Waals surface area contributed by atoms with Crippen molar-refractivity contribution in [2.75, 3.05) is 12.4 Å². The molecule has 5 heteroatoms. The van der Waals surface area contributed by atoms with Crippen LogP contribution in [0, 0.1) is 5.41 Å². The molecule has 0 bridgehead atoms. The van der Waals surface area contributed by atoms with E-state index in [1.807, 2.05) is 0 Å². The number of nitrogens with two attached hydrogens (primary N) is 1. The number of hydrogen-bond donors (Lipinski definition) is 1. The highest BCUT2D eigenvalue weighted by Gasteiger charge is 2.34. The Balaban J connectivity index is 2.68. The third-order valence-corrected chi connectivity index (χ3v) is 5.26. The number of primary sulfonamides is 1. The molecular formula is C15H31NO3S. The standard InChI is InChI=1S/C15H31NO3S/c1-3-10-15(11-4-2,13-20(16,17)18)12-19-14-8-6-5-7-9-14/h14H,3-13H2,1-2H3,(H2,16,17,18). The molecule has 20 heavy (non-hydrogen) atoms. The molecule has 1 rings (SSSR count). The molecule has 0 heterocycles. The minimum Gasteiger partial charge on any atom is -0.378 e. The topological polar surface area (TPSA) is 69.4 Å². The van der Waals surface area contributed by atoms with Crippen LogP contribution in [0.4, 0.5) is 0 Å². The van der Waals surface area contributed by atoms with E-state index in [0.29, 0.717) is 12.7 Å². The van der Waals surface area contributed by atoms with E-state index < -0.39 is 10.0 Å². The summed E-state index contributed by atoms with van der Waals surface area (Å²) in [5, 5.41) is 5.31. The maximum atomic E-state index is 11.6. The van der Waals surface area contributed by atoms with Crippen LogP contribution in [0.1, 0.15) is 71.6 Å². The summed E-state index contributed by atoms with van der Waals surface area (Å²) in [7, 11) is -3.46. The van der Waals surface area contributed by atoms with Gasteiger partial charge in [-0.05, 0) is 25.7 Å². The Kier molecular flexibility index (Phi) is 7.48. The van der Waals surface area contributed by atoms with E-state index >= 15 is 0 Å². The first-order valence-electron chi connectivity index (χ1n) is 8.03. The summed E-state index contributed by atoms with van der Waals surface area (Å²) in [5.74, 6) is 0.0500. The molecule has 1 aliphatic rings. The monoisotopic (exact) mass is 305 g/mol. The van der Waals surface area contributed by atoms with Gasteiger partial charge in [0.15, 0.2) is 0 Å². The van der Waals surface area contributed by atoms with Crippen LogP contribution in [0.5, 0.6) is 0 Å². The Morgan fingerprint density at radius 1 is 1.10 bits per heavy atom. The lowest BCUT2D eigenvalue weighted by Gasteiger charge is -2.35. The Morgan fingerprint density at radius 2 is 1.65 bits per heavy atom. The van der Waals surface area contributed by atoms with Crippen LogP contribution in [0.15, 0.2) is 0 Å². The van der Waals surface area contributed by atoms with Gasteiger partial charge in [0.2, 0.25) is 10.0 Å². The second kappa shape index (κ2) is 8.35. The van der Waals surface area contributed by atoms with Gasteiger partial charge in [-0.25, -0.2) is 13.6 Å². The van der Waals surface area contributed by atoms with Crippen molar-refractivity contribution < 1.29 is 13.2 Å². The van der Waals surface area contributed by atoms with Gasteiger partial charge in [-0.3, -0.25) is 0 Å². The van der Waals surface area contributed by atoms with Crippen molar-refractivity contribution in [2.45, 2.75) is 77.7 Å². The largest absolute Gasteiger partial charge is 0.378 e. The van der Waals surface area contributed by atoms with Crippen LogP contribution in [-0.4, -0.2) is 26.9 Å². The van der Waals surface area contributed by atoms with E-state index in [1.165, 1.54) is 19.3 Å². The van der Waals surface area contributed by atoms with Crippen LogP contribution in [0.3, 0.4) is 0 Å². The fraction of sp³-hybridized carbons (Fsp3) is 1.00. The van der Waals surface area contributed by atoms with Gasteiger partial charge in [0.25, 0.3) is 0 Å². The zero-order valence-corrected chi connectivity index (χ0v) is 13.9. The molecule has 0 aliphatic heterocycles. The van der Waals surface area contributed by atoms with E-state index in [2.05, 4.69) is 13.8 Å². The lowest BCUT2D eigenvalue weighted by Crippen LogP contribution is -2.39. The molecule has 0 aromatic carbocycles. The van der Waals surface area contributed by atoms with Crippen molar-refractivity contribution in [1.82, 2.24) is 0 Å². The molecule has 0 unspecified atom stereocenters. The Labute approximate surface area is 124 Å². The zero-order chi connectivity index (χ0) is 15.1. The first kappa shape index (κ1) is 17.9. The summed E-state index contributed by atoms with van der Waals surface area (Å²) in [5.41, 5.74) is -0.297. The summed E-state index contributed by atoms with van der Waals surface area (Å²) in [6.07, 6.45) is 9.96. The maximum absolute atomic E-state index is 11.6. The van der Waals surface area contributed by atoms with Crippen molar-refractivity contribution >= 4 is 10.0 Å². The van der Waals surface area contributed by atoms with Crippen LogP contribution in [-0.2, 0) is 14.8 Å². The SMILES string of the molecule is CCCC(CCC)(COC1CCCCC1)CS(N)(=O)=O. The first-order chi connectivity index (χ1) is 9.41. The van der Waals surface area contributed by atoms with Gasteiger partial charge in [-0.1, -0.05) is 46.0 Å². The van der Waals surface area contributed by atoms with Crippen LogP contribution in [0.25, 0.3) is 0 Å². The van der Waals surface area contributed by atoms with E-state index in [4.69, 9.17) is 9.88 Å². The van der Waals surface area contributed by atoms with Gasteiger partial charge in [0.1, 0.15) is 0 Å². The smallest absolute Gasteiger partial charge is 0.209 e. The lowest BCUT2D eigenvalue weighted by molar-refractivity contribution is -0.0249. The average Bonchev–Trinajstić information content (AvgIpc) is 2.36. The number of hydrogen-bond acceptors (Lipinski definition) is 3. The van der Waals surface area contributed by atoms with Crippen LogP contribution in [0.2, 0.25) is 0 Å². The molecule has 0 aromatic rings. The van der Waals surface area contributed by atoms with Gasteiger partial charge in [0.05, 0.1) is 18.5 Å². The van der Waals surface area contributed by atoms with E-state index in [1.54, 1.807) is 0 Å². The highest BCUT2D eigenvalue weighted by Crippen LogP contribution is 2.33. The third-order valence-electron chi connectivity index (χ3n) is 4.25. The molecule has 2 N–H and O–H groups in total. The van der Waals surface area contributed by atoms with Crippen molar-refractivity contribution in [3.05, 3.63) is 0 Å². The molecule has 1 fully saturated rings. The molecule has 0 radical (unpaired) electrons. The van der Waals surface area contributed by atoms with E-state index in [-0.39, 0.29) is 11.2 Å². The summed E-state index contributed by atoms with van der Waals surface area (Å²) >= 11 is 0. The van der Waals surface area contributed by atoms with E-state index in [0.717, 1.165) is 38.5 Å². The number of sulfonamides is 1. The molecular weight excluding hydrogens is 274 g/mol. The minimum atomic E-state index is -3.46. The molecule has 120 valence electrons. The minimum absolute atomic E-state index is 0.0500. The third kappa shape index (κ3) is 6.55. The predicted octanol–water partition coefficient (Wildman–Crippen LogP) is 3.21. The van der Waals surface area contributed by atoms with Crippen molar-refractivity contribution in [2.24, 2.45) is 10.6 Å². The average molecular weight is 305 g/mol. The molecule has 1 saturated carbocycles. The second-order valence-corrected chi connectivity index (χ2v) is 7.99. The summed E-state index contributed by atoms with van der Waals surface area (Å²) < 4.78 is 29.2. The Morgan fingerprint density at radius 3 is 2.10 bits per heavy atom. The molecule has 0 amide bonds. The Bertz CT molecular complexity index is 355. The number of rotatable bonds is 9.